The highest BCUT2D eigenvalue weighted by Crippen LogP contribution is 2.42. The van der Waals surface area contributed by atoms with E-state index in [4.69, 9.17) is 4.74 Å². The third-order valence-electron chi connectivity index (χ3n) is 4.47. The second-order valence-corrected chi connectivity index (χ2v) is 8.32. The lowest BCUT2D eigenvalue weighted by Gasteiger charge is -2.35. The maximum Gasteiger partial charge on any atom is 0.248 e. The number of hydrogen-bond donors (Lipinski definition) is 2. The molecule has 9 heteroatoms. The van der Waals surface area contributed by atoms with E-state index in [-0.39, 0.29) is 37.2 Å². The Morgan fingerprint density at radius 1 is 1.43 bits per heavy atom. The van der Waals surface area contributed by atoms with E-state index in [1.807, 2.05) is 6.07 Å². The highest BCUT2D eigenvalue weighted by molar-refractivity contribution is 7.89. The number of sulfonamides is 1. The molecule has 1 aliphatic heterocycles. The van der Waals surface area contributed by atoms with Crippen LogP contribution in [0.3, 0.4) is 0 Å². The number of H-pyrrole nitrogens is 1. The van der Waals surface area contributed by atoms with E-state index in [0.717, 1.165) is 18.5 Å². The van der Waals surface area contributed by atoms with E-state index in [0.29, 0.717) is 6.61 Å². The normalized spacial score (nSPS) is 28.4. The van der Waals surface area contributed by atoms with Crippen LogP contribution in [0.5, 0.6) is 0 Å². The van der Waals surface area contributed by atoms with Gasteiger partial charge in [-0.1, -0.05) is 0 Å². The molecule has 2 atom stereocenters. The monoisotopic (exact) mass is 349 g/mol. The van der Waals surface area contributed by atoms with Crippen LogP contribution in [0.1, 0.15) is 37.5 Å². The molecular formula is C14H21F2N3O3S. The van der Waals surface area contributed by atoms with Crippen LogP contribution in [-0.4, -0.2) is 43.4 Å². The topological polar surface area (TPSA) is 84.1 Å². The van der Waals surface area contributed by atoms with Crippen LogP contribution >= 0.6 is 0 Å². The van der Waals surface area contributed by atoms with Crippen molar-refractivity contribution in [3.63, 3.8) is 0 Å². The number of aromatic amines is 1. The summed E-state index contributed by atoms with van der Waals surface area (Å²) in [6.07, 6.45) is 2.45. The van der Waals surface area contributed by atoms with Crippen LogP contribution in [0.2, 0.25) is 0 Å². The third-order valence-corrected chi connectivity index (χ3v) is 5.99. The molecule has 0 aromatic carbocycles. The number of ether oxygens (including phenoxy) is 1. The first kappa shape index (κ1) is 16.8. The standard InChI is InChI=1S/C14H21F2N3O3S/c15-14(16)6-10(7-14)9-23(20,21)18-8-11-2-1-5-22-13(11)12-3-4-17-19-12/h3-4,10-11,13,18H,1-2,5-9H2,(H,17,19)/t11-,13+/m0/s1. The van der Waals surface area contributed by atoms with Gasteiger partial charge in [0.1, 0.15) is 6.10 Å². The lowest BCUT2D eigenvalue weighted by Crippen LogP contribution is -2.43. The van der Waals surface area contributed by atoms with Gasteiger partial charge in [0.25, 0.3) is 0 Å². The van der Waals surface area contributed by atoms with Crippen LogP contribution < -0.4 is 4.72 Å². The molecule has 2 N–H and O–H groups in total. The number of nitrogens with one attached hydrogen (secondary N) is 2. The second kappa shape index (κ2) is 6.45. The average Bonchev–Trinajstić information content (AvgIpc) is 2.97. The number of halogens is 2. The first-order valence-corrected chi connectivity index (χ1v) is 9.46. The van der Waals surface area contributed by atoms with Crippen molar-refractivity contribution < 1.29 is 21.9 Å². The van der Waals surface area contributed by atoms with Crippen molar-refractivity contribution in [3.05, 3.63) is 18.0 Å². The van der Waals surface area contributed by atoms with E-state index in [2.05, 4.69) is 14.9 Å². The molecule has 0 spiro atoms. The van der Waals surface area contributed by atoms with Gasteiger partial charge in [-0.2, -0.15) is 5.10 Å². The molecule has 2 heterocycles. The second-order valence-electron chi connectivity index (χ2n) is 6.47. The molecular weight excluding hydrogens is 328 g/mol. The molecule has 0 bridgehead atoms. The quantitative estimate of drug-likeness (QED) is 0.821. The Kier molecular flexibility index (Phi) is 4.70. The summed E-state index contributed by atoms with van der Waals surface area (Å²) in [4.78, 5) is 0. The summed E-state index contributed by atoms with van der Waals surface area (Å²) >= 11 is 0. The van der Waals surface area contributed by atoms with Crippen LogP contribution in [0.15, 0.2) is 12.3 Å². The van der Waals surface area contributed by atoms with Gasteiger partial charge in [-0.05, 0) is 24.8 Å². The molecule has 1 aliphatic carbocycles. The van der Waals surface area contributed by atoms with Crippen molar-refractivity contribution in [2.45, 2.75) is 37.7 Å². The SMILES string of the molecule is O=S(=O)(CC1CC(F)(F)C1)NC[C@@H]1CCCO[C@H]1c1ccn[nH]1. The zero-order valence-corrected chi connectivity index (χ0v) is 13.5. The zero-order valence-electron chi connectivity index (χ0n) is 12.7. The minimum atomic E-state index is -3.55. The van der Waals surface area contributed by atoms with Gasteiger partial charge in [0.05, 0.1) is 11.4 Å². The third kappa shape index (κ3) is 4.27. The lowest BCUT2D eigenvalue weighted by atomic mass is 9.83. The fourth-order valence-electron chi connectivity index (χ4n) is 3.33. The number of hydrogen-bond acceptors (Lipinski definition) is 4. The Balaban J connectivity index is 1.53. The molecule has 130 valence electrons. The van der Waals surface area contributed by atoms with Crippen molar-refractivity contribution >= 4 is 10.0 Å². The first-order chi connectivity index (χ1) is 10.8. The Labute approximate surface area is 134 Å². The van der Waals surface area contributed by atoms with Gasteiger partial charge >= 0.3 is 0 Å². The maximum absolute atomic E-state index is 12.8. The van der Waals surface area contributed by atoms with Gasteiger partial charge in [0.2, 0.25) is 15.9 Å². The fourth-order valence-corrected chi connectivity index (χ4v) is 4.77. The molecule has 3 rings (SSSR count). The van der Waals surface area contributed by atoms with Crippen molar-refractivity contribution in [3.8, 4) is 0 Å². The Morgan fingerprint density at radius 2 is 2.22 bits per heavy atom. The molecule has 1 saturated carbocycles. The lowest BCUT2D eigenvalue weighted by molar-refractivity contribution is -0.103. The number of nitrogens with zero attached hydrogens (tertiary/aromatic N) is 1. The highest BCUT2D eigenvalue weighted by atomic mass is 32.2. The average molecular weight is 349 g/mol. The summed E-state index contributed by atoms with van der Waals surface area (Å²) in [6.45, 7) is 0.874. The van der Waals surface area contributed by atoms with E-state index in [1.165, 1.54) is 0 Å². The summed E-state index contributed by atoms with van der Waals surface area (Å²) < 4.78 is 58.0. The Morgan fingerprint density at radius 3 is 2.87 bits per heavy atom. The molecule has 2 fully saturated rings. The van der Waals surface area contributed by atoms with Gasteiger partial charge in [0, 0.05) is 38.1 Å². The van der Waals surface area contributed by atoms with Crippen molar-refractivity contribution in [2.75, 3.05) is 18.9 Å². The van der Waals surface area contributed by atoms with Crippen LogP contribution in [0, 0.1) is 11.8 Å². The van der Waals surface area contributed by atoms with E-state index in [1.54, 1.807) is 6.20 Å². The predicted molar refractivity (Wildman–Crippen MR) is 79.5 cm³/mol. The fraction of sp³-hybridized carbons (Fsp3) is 0.786. The zero-order chi connectivity index (χ0) is 16.5. The number of alkyl halides is 2. The van der Waals surface area contributed by atoms with Gasteiger partial charge in [0.15, 0.2) is 0 Å². The van der Waals surface area contributed by atoms with Crippen molar-refractivity contribution in [2.24, 2.45) is 11.8 Å². The molecule has 2 aliphatic rings. The van der Waals surface area contributed by atoms with Crippen LogP contribution in [0.25, 0.3) is 0 Å². The minimum Gasteiger partial charge on any atom is -0.372 e. The van der Waals surface area contributed by atoms with Gasteiger partial charge in [-0.15, -0.1) is 0 Å². The first-order valence-electron chi connectivity index (χ1n) is 7.81. The minimum absolute atomic E-state index is 0.00167. The molecule has 1 aromatic heterocycles. The molecule has 0 radical (unpaired) electrons. The van der Waals surface area contributed by atoms with Crippen molar-refractivity contribution in [1.82, 2.24) is 14.9 Å². The van der Waals surface area contributed by atoms with Gasteiger partial charge in [-0.25, -0.2) is 21.9 Å². The van der Waals surface area contributed by atoms with Gasteiger partial charge < -0.3 is 4.74 Å². The number of rotatable bonds is 6. The Bertz CT molecular complexity index is 613. The van der Waals surface area contributed by atoms with Crippen molar-refractivity contribution in [1.29, 1.82) is 0 Å². The predicted octanol–water partition coefficient (Wildman–Crippen LogP) is 1.84. The molecule has 23 heavy (non-hydrogen) atoms. The summed E-state index contributed by atoms with van der Waals surface area (Å²) in [7, 11) is -3.55. The number of aromatic nitrogens is 2. The molecule has 6 nitrogen and oxygen atoms in total. The summed E-state index contributed by atoms with van der Waals surface area (Å²) in [6, 6.07) is 1.81. The highest BCUT2D eigenvalue weighted by Gasteiger charge is 2.46. The summed E-state index contributed by atoms with van der Waals surface area (Å²) in [5.74, 6) is -3.37. The van der Waals surface area contributed by atoms with E-state index < -0.39 is 21.9 Å². The van der Waals surface area contributed by atoms with E-state index in [9.17, 15) is 17.2 Å². The molecule has 1 saturated heterocycles. The molecule has 0 unspecified atom stereocenters. The van der Waals surface area contributed by atoms with Crippen LogP contribution in [-0.2, 0) is 14.8 Å². The smallest absolute Gasteiger partial charge is 0.248 e. The maximum atomic E-state index is 12.8. The van der Waals surface area contributed by atoms with Gasteiger partial charge in [-0.3, -0.25) is 5.10 Å². The summed E-state index contributed by atoms with van der Waals surface area (Å²) in [5, 5.41) is 6.76. The summed E-state index contributed by atoms with van der Waals surface area (Å²) in [5.41, 5.74) is 0.826. The molecule has 1 aromatic rings. The van der Waals surface area contributed by atoms with Crippen LogP contribution in [0.4, 0.5) is 8.78 Å². The molecule has 0 amide bonds. The Hall–Kier alpha value is -1.06. The van der Waals surface area contributed by atoms with E-state index >= 15 is 0 Å². The largest absolute Gasteiger partial charge is 0.372 e.